The normalized spacial score (nSPS) is 14.3. The summed E-state index contributed by atoms with van der Waals surface area (Å²) in [5, 5.41) is 3.46. The van der Waals surface area contributed by atoms with E-state index in [1.54, 1.807) is 0 Å². The van der Waals surface area contributed by atoms with Crippen molar-refractivity contribution in [3.63, 3.8) is 0 Å². The third-order valence-electron chi connectivity index (χ3n) is 4.07. The van der Waals surface area contributed by atoms with Gasteiger partial charge in [-0.05, 0) is 42.2 Å². The Morgan fingerprint density at radius 2 is 1.81 bits per heavy atom. The molecule has 21 heavy (non-hydrogen) atoms. The lowest BCUT2D eigenvalue weighted by atomic mass is 10.0. The number of para-hydroxylation sites is 1. The van der Waals surface area contributed by atoms with Gasteiger partial charge in [-0.25, -0.2) is 0 Å². The first kappa shape index (κ1) is 14.2. The summed E-state index contributed by atoms with van der Waals surface area (Å²) in [5.41, 5.74) is 5.49. The monoisotopic (exact) mass is 280 g/mol. The second-order valence-electron chi connectivity index (χ2n) is 6.09. The summed E-state index contributed by atoms with van der Waals surface area (Å²) >= 11 is 0. The van der Waals surface area contributed by atoms with Crippen LogP contribution in [0.15, 0.2) is 48.5 Å². The van der Waals surface area contributed by atoms with Crippen LogP contribution in [0.3, 0.4) is 0 Å². The van der Waals surface area contributed by atoms with Gasteiger partial charge in [0.1, 0.15) is 0 Å². The number of hydrogen-bond acceptors (Lipinski definition) is 2. The molecule has 0 radical (unpaired) electrons. The molecule has 3 rings (SSSR count). The molecular weight excluding hydrogens is 256 g/mol. The highest BCUT2D eigenvalue weighted by Gasteiger charge is 2.17. The van der Waals surface area contributed by atoms with Crippen LogP contribution in [0, 0.1) is 0 Å². The van der Waals surface area contributed by atoms with Crippen LogP contribution in [0.4, 0.5) is 11.4 Å². The fraction of sp³-hybridized carbons (Fsp3) is 0.368. The van der Waals surface area contributed by atoms with Gasteiger partial charge in [-0.1, -0.05) is 44.2 Å². The van der Waals surface area contributed by atoms with Crippen molar-refractivity contribution in [2.45, 2.75) is 39.3 Å². The number of benzene rings is 2. The Labute approximate surface area is 127 Å². The number of fused-ring (bicyclic) bond motifs is 1. The summed E-state index contributed by atoms with van der Waals surface area (Å²) < 4.78 is 0. The quantitative estimate of drug-likeness (QED) is 0.899. The van der Waals surface area contributed by atoms with Crippen molar-refractivity contribution in [3.05, 3.63) is 59.7 Å². The summed E-state index contributed by atoms with van der Waals surface area (Å²) in [6, 6.07) is 18.3. The highest BCUT2D eigenvalue weighted by Crippen LogP contribution is 2.33. The Morgan fingerprint density at radius 1 is 1.05 bits per heavy atom. The van der Waals surface area contributed by atoms with Crippen LogP contribution >= 0.6 is 0 Å². The molecule has 110 valence electrons. The van der Waals surface area contributed by atoms with Gasteiger partial charge in [-0.15, -0.1) is 0 Å². The van der Waals surface area contributed by atoms with Gasteiger partial charge in [0.25, 0.3) is 0 Å². The molecule has 1 N–H and O–H groups in total. The van der Waals surface area contributed by atoms with E-state index in [-0.39, 0.29) is 0 Å². The number of anilines is 2. The average molecular weight is 280 g/mol. The Morgan fingerprint density at radius 3 is 2.57 bits per heavy atom. The second-order valence-corrected chi connectivity index (χ2v) is 6.09. The van der Waals surface area contributed by atoms with Gasteiger partial charge >= 0.3 is 0 Å². The predicted octanol–water partition coefficient (Wildman–Crippen LogP) is 4.27. The van der Waals surface area contributed by atoms with E-state index in [9.17, 15) is 0 Å². The van der Waals surface area contributed by atoms with Crippen molar-refractivity contribution in [2.24, 2.45) is 0 Å². The van der Waals surface area contributed by atoms with Gasteiger partial charge in [0.2, 0.25) is 0 Å². The van der Waals surface area contributed by atoms with Gasteiger partial charge < -0.3 is 10.2 Å². The lowest BCUT2D eigenvalue weighted by Gasteiger charge is -2.31. The summed E-state index contributed by atoms with van der Waals surface area (Å²) in [6.45, 7) is 6.41. The molecule has 0 amide bonds. The van der Waals surface area contributed by atoms with Gasteiger partial charge in [-0.3, -0.25) is 0 Å². The van der Waals surface area contributed by atoms with Crippen molar-refractivity contribution >= 4 is 11.4 Å². The van der Waals surface area contributed by atoms with Crippen LogP contribution < -0.4 is 10.2 Å². The Balaban J connectivity index is 1.79. The van der Waals surface area contributed by atoms with Crippen molar-refractivity contribution in [2.75, 3.05) is 11.4 Å². The van der Waals surface area contributed by atoms with Crippen LogP contribution in [0.25, 0.3) is 0 Å². The Bertz CT molecular complexity index is 587. The summed E-state index contributed by atoms with van der Waals surface area (Å²) in [4.78, 5) is 2.44. The molecule has 1 heterocycles. The summed E-state index contributed by atoms with van der Waals surface area (Å²) in [7, 11) is 0. The number of rotatable bonds is 4. The van der Waals surface area contributed by atoms with E-state index in [0.29, 0.717) is 6.04 Å². The van der Waals surface area contributed by atoms with Gasteiger partial charge in [0, 0.05) is 30.5 Å². The molecule has 0 aromatic heterocycles. The molecule has 1 aliphatic heterocycles. The van der Waals surface area contributed by atoms with Crippen LogP contribution in [0.2, 0.25) is 0 Å². The van der Waals surface area contributed by atoms with E-state index < -0.39 is 0 Å². The van der Waals surface area contributed by atoms with Crippen molar-refractivity contribution in [1.82, 2.24) is 5.32 Å². The minimum Gasteiger partial charge on any atom is -0.341 e. The molecule has 2 nitrogen and oxygen atoms in total. The van der Waals surface area contributed by atoms with Gasteiger partial charge in [-0.2, -0.15) is 0 Å². The first-order valence-electron chi connectivity index (χ1n) is 7.92. The molecule has 0 saturated heterocycles. The maximum absolute atomic E-state index is 3.46. The zero-order valence-electron chi connectivity index (χ0n) is 13.0. The SMILES string of the molecule is CC(C)NCc1ccc(N2CCCc3ccccc32)cc1. The van der Waals surface area contributed by atoms with E-state index in [1.807, 2.05) is 0 Å². The highest BCUT2D eigenvalue weighted by molar-refractivity contribution is 5.67. The third-order valence-corrected chi connectivity index (χ3v) is 4.07. The molecule has 0 aliphatic carbocycles. The minimum atomic E-state index is 0.527. The van der Waals surface area contributed by atoms with Crippen LogP contribution in [0.5, 0.6) is 0 Å². The number of hydrogen-bond donors (Lipinski definition) is 1. The molecule has 2 aromatic carbocycles. The van der Waals surface area contributed by atoms with Gasteiger partial charge in [0.15, 0.2) is 0 Å². The molecule has 0 spiro atoms. The smallest absolute Gasteiger partial charge is 0.0443 e. The average Bonchev–Trinajstić information content (AvgIpc) is 2.53. The number of aryl methyl sites for hydroxylation is 1. The largest absolute Gasteiger partial charge is 0.341 e. The maximum Gasteiger partial charge on any atom is 0.0443 e. The lowest BCUT2D eigenvalue weighted by molar-refractivity contribution is 0.589. The molecular formula is C19H24N2. The highest BCUT2D eigenvalue weighted by atomic mass is 15.1. The zero-order valence-corrected chi connectivity index (χ0v) is 13.0. The number of nitrogens with zero attached hydrogens (tertiary/aromatic N) is 1. The van der Waals surface area contributed by atoms with Crippen LogP contribution in [0.1, 0.15) is 31.4 Å². The van der Waals surface area contributed by atoms with E-state index in [0.717, 1.165) is 13.1 Å². The van der Waals surface area contributed by atoms with E-state index in [4.69, 9.17) is 0 Å². The van der Waals surface area contributed by atoms with E-state index in [2.05, 4.69) is 72.6 Å². The summed E-state index contributed by atoms with van der Waals surface area (Å²) in [5.74, 6) is 0. The first-order valence-corrected chi connectivity index (χ1v) is 7.92. The van der Waals surface area contributed by atoms with Crippen LogP contribution in [-0.4, -0.2) is 12.6 Å². The first-order chi connectivity index (χ1) is 10.2. The molecule has 0 atom stereocenters. The van der Waals surface area contributed by atoms with E-state index in [1.165, 1.54) is 35.3 Å². The zero-order chi connectivity index (χ0) is 14.7. The fourth-order valence-corrected chi connectivity index (χ4v) is 2.92. The summed E-state index contributed by atoms with van der Waals surface area (Å²) in [6.07, 6.45) is 2.43. The Hall–Kier alpha value is -1.80. The predicted molar refractivity (Wildman–Crippen MR) is 90.2 cm³/mol. The Kier molecular flexibility index (Phi) is 4.26. The topological polar surface area (TPSA) is 15.3 Å². The molecule has 2 heteroatoms. The molecule has 0 saturated carbocycles. The second kappa shape index (κ2) is 6.31. The van der Waals surface area contributed by atoms with Crippen molar-refractivity contribution in [3.8, 4) is 0 Å². The molecule has 0 unspecified atom stereocenters. The van der Waals surface area contributed by atoms with Crippen molar-refractivity contribution in [1.29, 1.82) is 0 Å². The lowest BCUT2D eigenvalue weighted by Crippen LogP contribution is -2.24. The standard InChI is InChI=1S/C19H24N2/c1-15(2)20-14-16-9-11-18(12-10-16)21-13-5-7-17-6-3-4-8-19(17)21/h3-4,6,8-12,15,20H,5,7,13-14H2,1-2H3. The number of nitrogens with one attached hydrogen (secondary N) is 1. The molecule has 1 aliphatic rings. The van der Waals surface area contributed by atoms with E-state index >= 15 is 0 Å². The molecule has 2 aromatic rings. The minimum absolute atomic E-state index is 0.527. The van der Waals surface area contributed by atoms with Gasteiger partial charge in [0.05, 0.1) is 0 Å². The molecule has 0 bridgehead atoms. The van der Waals surface area contributed by atoms with Crippen LogP contribution in [-0.2, 0) is 13.0 Å². The third kappa shape index (κ3) is 3.27. The fourth-order valence-electron chi connectivity index (χ4n) is 2.92. The molecule has 0 fully saturated rings. The maximum atomic E-state index is 3.46. The van der Waals surface area contributed by atoms with Crippen molar-refractivity contribution < 1.29 is 0 Å².